The number of rotatable bonds is 3. The Morgan fingerprint density at radius 2 is 2.10 bits per heavy atom. The van der Waals surface area contributed by atoms with E-state index in [1.807, 2.05) is 34.9 Å². The van der Waals surface area contributed by atoms with Crippen molar-refractivity contribution >= 4 is 22.8 Å². The Balaban J connectivity index is 2.19. The van der Waals surface area contributed by atoms with E-state index >= 15 is 0 Å². The number of aromatic nitrogens is 4. The van der Waals surface area contributed by atoms with Crippen LogP contribution in [0.4, 0.5) is 5.82 Å². The lowest BCUT2D eigenvalue weighted by Crippen LogP contribution is -2.45. The van der Waals surface area contributed by atoms with E-state index < -0.39 is 0 Å². The van der Waals surface area contributed by atoms with Crippen LogP contribution in [0.15, 0.2) is 12.5 Å². The molecule has 2 aromatic rings. The van der Waals surface area contributed by atoms with Gasteiger partial charge in [-0.3, -0.25) is 9.48 Å². The van der Waals surface area contributed by atoms with Gasteiger partial charge in [0.15, 0.2) is 5.65 Å². The molecule has 2 aromatic heterocycles. The second-order valence-electron chi connectivity index (χ2n) is 5.86. The zero-order valence-electron chi connectivity index (χ0n) is 12.5. The smallest absolute Gasteiger partial charge is 0.239 e. The summed E-state index contributed by atoms with van der Waals surface area (Å²) in [4.78, 5) is 22.2. The minimum absolute atomic E-state index is 0.0457. The fourth-order valence-electron chi connectivity index (χ4n) is 2.00. The Hall–Kier alpha value is -2.18. The Morgan fingerprint density at radius 1 is 1.40 bits per heavy atom. The first-order valence-corrected chi connectivity index (χ1v) is 6.43. The monoisotopic (exact) mass is 276 g/mol. The van der Waals surface area contributed by atoms with Crippen molar-refractivity contribution in [3.63, 3.8) is 0 Å². The number of anilines is 1. The number of carbonyl (C=O) groups is 1. The van der Waals surface area contributed by atoms with E-state index in [4.69, 9.17) is 0 Å². The second kappa shape index (κ2) is 5.07. The highest BCUT2D eigenvalue weighted by molar-refractivity contribution is 5.89. The minimum atomic E-state index is -0.243. The third-order valence-electron chi connectivity index (χ3n) is 2.77. The van der Waals surface area contributed by atoms with Crippen molar-refractivity contribution in [2.45, 2.75) is 26.3 Å². The van der Waals surface area contributed by atoms with Gasteiger partial charge in [0.2, 0.25) is 5.91 Å². The van der Waals surface area contributed by atoms with Crippen molar-refractivity contribution in [1.29, 1.82) is 0 Å². The van der Waals surface area contributed by atoms with Crippen LogP contribution in [0.5, 0.6) is 0 Å². The molecule has 2 rings (SSSR count). The van der Waals surface area contributed by atoms with Gasteiger partial charge in [0.25, 0.3) is 0 Å². The molecule has 7 heteroatoms. The number of hydrogen-bond acceptors (Lipinski definition) is 5. The van der Waals surface area contributed by atoms with Crippen LogP contribution < -0.4 is 10.2 Å². The van der Waals surface area contributed by atoms with Gasteiger partial charge in [0.1, 0.15) is 12.1 Å². The molecule has 1 N–H and O–H groups in total. The van der Waals surface area contributed by atoms with Crippen LogP contribution in [0.2, 0.25) is 0 Å². The number of fused-ring (bicyclic) bond motifs is 1. The number of hydrogen-bond donors (Lipinski definition) is 1. The molecule has 0 saturated carbocycles. The highest BCUT2D eigenvalue weighted by atomic mass is 16.2. The number of likely N-dealkylation sites (N-methyl/N-ethyl adjacent to an activating group) is 1. The van der Waals surface area contributed by atoms with E-state index in [1.54, 1.807) is 15.8 Å². The molecule has 0 saturated heterocycles. The van der Waals surface area contributed by atoms with Crippen LogP contribution in [-0.2, 0) is 11.8 Å². The summed E-state index contributed by atoms with van der Waals surface area (Å²) in [5.74, 6) is 0.655. The molecule has 0 radical (unpaired) electrons. The number of nitrogens with one attached hydrogen (secondary N) is 1. The number of amides is 1. The van der Waals surface area contributed by atoms with Crippen molar-refractivity contribution in [1.82, 2.24) is 25.1 Å². The summed E-state index contributed by atoms with van der Waals surface area (Å²) in [6.07, 6.45) is 3.19. The summed E-state index contributed by atoms with van der Waals surface area (Å²) in [6.45, 7) is 6.09. The van der Waals surface area contributed by atoms with Crippen molar-refractivity contribution in [3.8, 4) is 0 Å². The Kier molecular flexibility index (Phi) is 3.61. The number of aryl methyl sites for hydroxylation is 1. The van der Waals surface area contributed by atoms with E-state index in [1.165, 1.54) is 6.33 Å². The molecule has 20 heavy (non-hydrogen) atoms. The highest BCUT2D eigenvalue weighted by Gasteiger charge is 2.17. The molecule has 0 aromatic carbocycles. The maximum atomic E-state index is 12.0. The molecular weight excluding hydrogens is 256 g/mol. The zero-order valence-corrected chi connectivity index (χ0v) is 12.5. The van der Waals surface area contributed by atoms with Gasteiger partial charge in [-0.25, -0.2) is 9.97 Å². The van der Waals surface area contributed by atoms with Gasteiger partial charge in [-0.1, -0.05) is 0 Å². The summed E-state index contributed by atoms with van der Waals surface area (Å²) in [5, 5.41) is 7.93. The lowest BCUT2D eigenvalue weighted by Gasteiger charge is -2.24. The lowest BCUT2D eigenvalue weighted by atomic mass is 10.1. The first-order chi connectivity index (χ1) is 9.28. The molecule has 2 heterocycles. The summed E-state index contributed by atoms with van der Waals surface area (Å²) in [6, 6.07) is 0. The second-order valence-corrected chi connectivity index (χ2v) is 5.86. The Bertz CT molecular complexity index is 627. The van der Waals surface area contributed by atoms with Crippen LogP contribution in [-0.4, -0.2) is 44.8 Å². The van der Waals surface area contributed by atoms with Gasteiger partial charge in [-0.15, -0.1) is 0 Å². The average molecular weight is 276 g/mol. The Morgan fingerprint density at radius 3 is 2.75 bits per heavy atom. The molecule has 0 bridgehead atoms. The van der Waals surface area contributed by atoms with Crippen LogP contribution in [0.3, 0.4) is 0 Å². The van der Waals surface area contributed by atoms with Crippen LogP contribution in [0.1, 0.15) is 20.8 Å². The topological polar surface area (TPSA) is 75.9 Å². The molecule has 0 spiro atoms. The molecule has 0 unspecified atom stereocenters. The third-order valence-corrected chi connectivity index (χ3v) is 2.77. The van der Waals surface area contributed by atoms with E-state index in [9.17, 15) is 4.79 Å². The molecule has 0 aliphatic rings. The van der Waals surface area contributed by atoms with E-state index in [-0.39, 0.29) is 18.0 Å². The molecule has 0 aliphatic carbocycles. The molecular formula is C13H20N6O. The predicted molar refractivity (Wildman–Crippen MR) is 77.5 cm³/mol. The molecule has 0 aliphatic heterocycles. The zero-order chi connectivity index (χ0) is 14.9. The summed E-state index contributed by atoms with van der Waals surface area (Å²) < 4.78 is 1.68. The van der Waals surface area contributed by atoms with Gasteiger partial charge in [0.05, 0.1) is 18.1 Å². The number of carbonyl (C=O) groups excluding carboxylic acids is 1. The standard InChI is InChI=1S/C13H20N6O/c1-13(2,3)17-10(20)7-18(4)11-9-6-16-19(5)12(9)15-8-14-11/h6,8H,7H2,1-5H3,(H,17,20). The van der Waals surface area contributed by atoms with E-state index in [2.05, 4.69) is 20.4 Å². The SMILES string of the molecule is CN(CC(=O)NC(C)(C)C)c1ncnc2c1cnn2C. The first-order valence-electron chi connectivity index (χ1n) is 6.43. The predicted octanol–water partition coefficient (Wildman–Crippen LogP) is 0.714. The lowest BCUT2D eigenvalue weighted by molar-refractivity contribution is -0.121. The maximum Gasteiger partial charge on any atom is 0.239 e. The van der Waals surface area contributed by atoms with Crippen molar-refractivity contribution in [2.24, 2.45) is 7.05 Å². The number of nitrogens with zero attached hydrogens (tertiary/aromatic N) is 5. The average Bonchev–Trinajstić information content (AvgIpc) is 2.68. The molecule has 1 amide bonds. The maximum absolute atomic E-state index is 12.0. The van der Waals surface area contributed by atoms with Crippen LogP contribution in [0, 0.1) is 0 Å². The first kappa shape index (κ1) is 14.2. The Labute approximate surface area is 118 Å². The van der Waals surface area contributed by atoms with Crippen molar-refractivity contribution in [3.05, 3.63) is 12.5 Å². The van der Waals surface area contributed by atoms with E-state index in [0.29, 0.717) is 5.82 Å². The van der Waals surface area contributed by atoms with Crippen molar-refractivity contribution < 1.29 is 4.79 Å². The van der Waals surface area contributed by atoms with Crippen LogP contribution >= 0.6 is 0 Å². The fraction of sp³-hybridized carbons (Fsp3) is 0.538. The third kappa shape index (κ3) is 3.04. The van der Waals surface area contributed by atoms with Gasteiger partial charge in [-0.2, -0.15) is 5.10 Å². The summed E-state index contributed by atoms with van der Waals surface area (Å²) >= 11 is 0. The molecule has 0 fully saturated rings. The van der Waals surface area contributed by atoms with Gasteiger partial charge in [0, 0.05) is 19.6 Å². The van der Waals surface area contributed by atoms with Gasteiger partial charge >= 0.3 is 0 Å². The van der Waals surface area contributed by atoms with Gasteiger partial charge < -0.3 is 10.2 Å². The van der Waals surface area contributed by atoms with Crippen molar-refractivity contribution in [2.75, 3.05) is 18.5 Å². The van der Waals surface area contributed by atoms with E-state index in [0.717, 1.165) is 11.0 Å². The van der Waals surface area contributed by atoms with Crippen LogP contribution in [0.25, 0.3) is 11.0 Å². The normalized spacial score (nSPS) is 11.7. The summed E-state index contributed by atoms with van der Waals surface area (Å²) in [5.41, 5.74) is 0.505. The molecule has 7 nitrogen and oxygen atoms in total. The minimum Gasteiger partial charge on any atom is -0.350 e. The summed E-state index contributed by atoms with van der Waals surface area (Å²) in [7, 11) is 3.66. The largest absolute Gasteiger partial charge is 0.350 e. The quantitative estimate of drug-likeness (QED) is 0.893. The fourth-order valence-corrected chi connectivity index (χ4v) is 2.00. The molecule has 108 valence electrons. The van der Waals surface area contributed by atoms with Gasteiger partial charge in [-0.05, 0) is 20.8 Å². The highest BCUT2D eigenvalue weighted by Crippen LogP contribution is 2.20. The molecule has 0 atom stereocenters.